The molecule has 0 aliphatic carbocycles. The van der Waals surface area contributed by atoms with Crippen LogP contribution in [0.5, 0.6) is 0 Å². The van der Waals surface area contributed by atoms with Gasteiger partial charge in [-0.15, -0.1) is 11.3 Å². The maximum atomic E-state index is 12.9. The van der Waals surface area contributed by atoms with Crippen molar-refractivity contribution in [1.29, 1.82) is 0 Å². The van der Waals surface area contributed by atoms with Gasteiger partial charge in [-0.2, -0.15) is 0 Å². The van der Waals surface area contributed by atoms with Gasteiger partial charge in [-0.3, -0.25) is 9.59 Å². The number of nitrogens with one attached hydrogen (secondary N) is 1. The lowest BCUT2D eigenvalue weighted by Crippen LogP contribution is -2.10. The summed E-state index contributed by atoms with van der Waals surface area (Å²) in [7, 11) is 0. The molecule has 0 saturated carbocycles. The monoisotopic (exact) mass is 510 g/mol. The third kappa shape index (κ3) is 3.86. The molecule has 5 rings (SSSR count). The first kappa shape index (κ1) is 20.2. The molecule has 0 radical (unpaired) electrons. The number of aryl methyl sites for hydroxylation is 1. The first-order chi connectivity index (χ1) is 15.0. The van der Waals surface area contributed by atoms with Crippen molar-refractivity contribution in [3.8, 4) is 11.1 Å². The summed E-state index contributed by atoms with van der Waals surface area (Å²) in [4.78, 5) is 34.6. The van der Waals surface area contributed by atoms with Crippen molar-refractivity contribution in [3.05, 3.63) is 80.1 Å². The number of carbonyl (C=O) groups excluding carboxylic acids is 1. The number of carbonyl (C=O) groups is 1. The van der Waals surface area contributed by atoms with Gasteiger partial charge in [0.05, 0.1) is 11.1 Å². The van der Waals surface area contributed by atoms with Gasteiger partial charge < -0.3 is 9.40 Å². The van der Waals surface area contributed by atoms with E-state index in [2.05, 4.69) is 25.9 Å². The second kappa shape index (κ2) is 8.11. The summed E-state index contributed by atoms with van der Waals surface area (Å²) in [6.07, 6.45) is 0. The number of halogens is 1. The van der Waals surface area contributed by atoms with Crippen molar-refractivity contribution in [2.45, 2.75) is 12.1 Å². The van der Waals surface area contributed by atoms with E-state index in [9.17, 15) is 9.59 Å². The molecule has 0 bridgehead atoms. The minimum Gasteiger partial charge on any atom is -0.453 e. The quantitative estimate of drug-likeness (QED) is 0.167. The number of aromatic amines is 1. The van der Waals surface area contributed by atoms with Crippen LogP contribution in [-0.2, 0) is 0 Å². The number of benzene rings is 2. The molecule has 0 spiro atoms. The number of hydrogen-bond acceptors (Lipinski definition) is 6. The summed E-state index contributed by atoms with van der Waals surface area (Å²) in [5, 5.41) is 1.87. The normalized spacial score (nSPS) is 11.4. The van der Waals surface area contributed by atoms with Crippen molar-refractivity contribution in [2.24, 2.45) is 0 Å². The van der Waals surface area contributed by atoms with Gasteiger partial charge in [0, 0.05) is 20.3 Å². The van der Waals surface area contributed by atoms with Gasteiger partial charge in [-0.25, -0.2) is 4.98 Å². The summed E-state index contributed by atoms with van der Waals surface area (Å²) in [6, 6.07) is 17.1. The average Bonchev–Trinajstić information content (AvgIpc) is 3.33. The Morgan fingerprint density at radius 2 is 2.00 bits per heavy atom. The van der Waals surface area contributed by atoms with Crippen molar-refractivity contribution in [2.75, 3.05) is 5.75 Å². The predicted octanol–water partition coefficient (Wildman–Crippen LogP) is 6.44. The minimum atomic E-state index is -0.197. The molecule has 5 aromatic rings. The first-order valence-electron chi connectivity index (χ1n) is 9.43. The number of furan rings is 1. The summed E-state index contributed by atoms with van der Waals surface area (Å²) in [5.41, 5.74) is 2.37. The van der Waals surface area contributed by atoms with E-state index in [-0.39, 0.29) is 17.1 Å². The zero-order valence-electron chi connectivity index (χ0n) is 16.3. The molecule has 0 amide bonds. The molecule has 0 fully saturated rings. The van der Waals surface area contributed by atoms with E-state index in [4.69, 9.17) is 4.42 Å². The van der Waals surface area contributed by atoms with Crippen LogP contribution in [-0.4, -0.2) is 21.5 Å². The summed E-state index contributed by atoms with van der Waals surface area (Å²) in [5.74, 6) is 0.250. The highest BCUT2D eigenvalue weighted by Gasteiger charge is 2.18. The lowest BCUT2D eigenvalue weighted by molar-refractivity contribution is 0.0994. The molecule has 1 N–H and O–H groups in total. The average molecular weight is 511 g/mol. The lowest BCUT2D eigenvalue weighted by Gasteiger charge is -2.02. The fourth-order valence-electron chi connectivity index (χ4n) is 3.48. The van der Waals surface area contributed by atoms with Crippen LogP contribution in [0, 0.1) is 6.92 Å². The van der Waals surface area contributed by atoms with Crippen molar-refractivity contribution < 1.29 is 9.21 Å². The molecule has 0 unspecified atom stereocenters. The van der Waals surface area contributed by atoms with Crippen LogP contribution < -0.4 is 5.56 Å². The predicted molar refractivity (Wildman–Crippen MR) is 129 cm³/mol. The summed E-state index contributed by atoms with van der Waals surface area (Å²) < 4.78 is 6.58. The van der Waals surface area contributed by atoms with Crippen LogP contribution in [0.25, 0.3) is 32.3 Å². The molecular formula is C23H15BrN2O3S2. The van der Waals surface area contributed by atoms with Crippen LogP contribution in [0.2, 0.25) is 0 Å². The highest BCUT2D eigenvalue weighted by Crippen LogP contribution is 2.36. The van der Waals surface area contributed by atoms with Crippen LogP contribution in [0.15, 0.2) is 73.4 Å². The number of thiophene rings is 1. The molecular weight excluding hydrogens is 496 g/mol. The Bertz CT molecular complexity index is 1500. The Morgan fingerprint density at radius 1 is 1.19 bits per heavy atom. The topological polar surface area (TPSA) is 76.0 Å². The Balaban J connectivity index is 1.42. The van der Waals surface area contributed by atoms with Crippen LogP contribution in [0.4, 0.5) is 0 Å². The Morgan fingerprint density at radius 3 is 2.81 bits per heavy atom. The molecule has 5 nitrogen and oxygen atoms in total. The van der Waals surface area contributed by atoms with Gasteiger partial charge in [-0.05, 0) is 36.8 Å². The molecule has 31 heavy (non-hydrogen) atoms. The molecule has 2 aromatic carbocycles. The number of thioether (sulfide) groups is 1. The summed E-state index contributed by atoms with van der Waals surface area (Å²) >= 11 is 6.10. The van der Waals surface area contributed by atoms with E-state index in [0.29, 0.717) is 26.7 Å². The van der Waals surface area contributed by atoms with Crippen LogP contribution in [0.1, 0.15) is 15.4 Å². The van der Waals surface area contributed by atoms with E-state index in [0.717, 1.165) is 25.9 Å². The zero-order chi connectivity index (χ0) is 21.5. The molecule has 0 aliphatic rings. The van der Waals surface area contributed by atoms with Crippen molar-refractivity contribution in [3.63, 3.8) is 0 Å². The second-order valence-electron chi connectivity index (χ2n) is 6.96. The Hall–Kier alpha value is -2.68. The second-order valence-corrected chi connectivity index (χ2v) is 10.0. The maximum Gasteiger partial charge on any atom is 0.260 e. The molecule has 154 valence electrons. The fraction of sp³-hybridized carbons (Fsp3) is 0.0870. The number of nitrogens with zero attached hydrogens (tertiary/aromatic N) is 1. The lowest BCUT2D eigenvalue weighted by atomic mass is 10.0. The fourth-order valence-corrected chi connectivity index (χ4v) is 5.69. The maximum absolute atomic E-state index is 12.9. The number of aromatic nitrogens is 2. The number of rotatable bonds is 5. The van der Waals surface area contributed by atoms with Gasteiger partial charge >= 0.3 is 0 Å². The summed E-state index contributed by atoms with van der Waals surface area (Å²) in [6.45, 7) is 1.99. The van der Waals surface area contributed by atoms with Crippen LogP contribution in [0.3, 0.4) is 0 Å². The van der Waals surface area contributed by atoms with Gasteiger partial charge in [0.1, 0.15) is 10.4 Å². The van der Waals surface area contributed by atoms with E-state index in [1.54, 1.807) is 6.07 Å². The Kier molecular flexibility index (Phi) is 5.29. The molecule has 0 saturated heterocycles. The highest BCUT2D eigenvalue weighted by atomic mass is 79.9. The van der Waals surface area contributed by atoms with Gasteiger partial charge in [0.25, 0.3) is 5.56 Å². The van der Waals surface area contributed by atoms with E-state index < -0.39 is 0 Å². The van der Waals surface area contributed by atoms with Gasteiger partial charge in [0.15, 0.2) is 10.9 Å². The van der Waals surface area contributed by atoms with E-state index in [1.807, 2.05) is 55.5 Å². The van der Waals surface area contributed by atoms with Gasteiger partial charge in [-0.1, -0.05) is 58.0 Å². The number of Topliss-reactive ketones (excluding diaryl/α,β-unsaturated/α-hetero) is 1. The highest BCUT2D eigenvalue weighted by molar-refractivity contribution is 9.10. The standard InChI is InChI=1S/C23H15BrN2O3S2/c1-12-19(13-5-3-2-4-6-13)20-21(28)25-23(26-22(20)31-12)30-11-16(27)18-10-14-9-15(24)7-8-17(14)29-18/h2-10H,11H2,1H3,(H,25,26,28). The van der Waals surface area contributed by atoms with Crippen molar-refractivity contribution in [1.82, 2.24) is 9.97 Å². The third-order valence-corrected chi connectivity index (χ3v) is 7.24. The first-order valence-corrected chi connectivity index (χ1v) is 12.0. The zero-order valence-corrected chi connectivity index (χ0v) is 19.5. The van der Waals surface area contributed by atoms with E-state index in [1.165, 1.54) is 23.1 Å². The Labute approximate surface area is 193 Å². The molecule has 3 heterocycles. The SMILES string of the molecule is Cc1sc2nc(SCC(=O)c3cc4cc(Br)ccc4o3)[nH]c(=O)c2c1-c1ccccc1. The minimum absolute atomic E-state index is 0.116. The smallest absolute Gasteiger partial charge is 0.260 e. The van der Waals surface area contributed by atoms with Crippen LogP contribution >= 0.6 is 39.0 Å². The molecule has 0 atom stereocenters. The third-order valence-electron chi connectivity index (χ3n) is 4.87. The molecule has 0 aliphatic heterocycles. The van der Waals surface area contributed by atoms with Gasteiger partial charge in [0.2, 0.25) is 5.78 Å². The molecule has 3 aromatic heterocycles. The number of fused-ring (bicyclic) bond motifs is 2. The number of hydrogen-bond donors (Lipinski definition) is 1. The largest absolute Gasteiger partial charge is 0.453 e. The molecule has 8 heteroatoms. The van der Waals surface area contributed by atoms with E-state index >= 15 is 0 Å². The van der Waals surface area contributed by atoms with Crippen molar-refractivity contribution >= 4 is 66.0 Å². The number of ketones is 1. The number of H-pyrrole nitrogens is 1.